The molecule has 9 heteroatoms. The lowest BCUT2D eigenvalue weighted by Gasteiger charge is -2.25. The van der Waals surface area contributed by atoms with Gasteiger partial charge in [-0.2, -0.15) is 0 Å². The summed E-state index contributed by atoms with van der Waals surface area (Å²) in [7, 11) is 0. The first-order chi connectivity index (χ1) is 15.7. The molecular formula is C23H29N5O3S. The van der Waals surface area contributed by atoms with Crippen molar-refractivity contribution in [3.8, 4) is 17.2 Å². The maximum Gasteiger partial charge on any atom is 0.232 e. The van der Waals surface area contributed by atoms with E-state index in [1.807, 2.05) is 71.6 Å². The summed E-state index contributed by atoms with van der Waals surface area (Å²) in [5, 5.41) is 8.23. The minimum Gasteiger partial charge on any atom is -0.494 e. The van der Waals surface area contributed by atoms with Crippen LogP contribution in [0.1, 0.15) is 13.8 Å². The van der Waals surface area contributed by atoms with Crippen LogP contribution < -0.4 is 14.8 Å². The first-order valence-electron chi connectivity index (χ1n) is 10.9. The second-order valence-electron chi connectivity index (χ2n) is 7.32. The Morgan fingerprint density at radius 1 is 0.938 bits per heavy atom. The van der Waals surface area contributed by atoms with Crippen molar-refractivity contribution in [2.75, 3.05) is 44.8 Å². The minimum atomic E-state index is 0.615. The summed E-state index contributed by atoms with van der Waals surface area (Å²) in [5.41, 5.74) is 1.82. The zero-order valence-corrected chi connectivity index (χ0v) is 19.3. The van der Waals surface area contributed by atoms with E-state index in [0.29, 0.717) is 30.6 Å². The van der Waals surface area contributed by atoms with Crippen LogP contribution in [0.2, 0.25) is 0 Å². The highest BCUT2D eigenvalue weighted by Crippen LogP contribution is 2.24. The summed E-state index contributed by atoms with van der Waals surface area (Å²) >= 11 is 5.83. The van der Waals surface area contributed by atoms with Gasteiger partial charge in [0, 0.05) is 18.8 Å². The average Bonchev–Trinajstić information content (AvgIpc) is 3.11. The van der Waals surface area contributed by atoms with E-state index < -0.39 is 0 Å². The number of anilines is 2. The summed E-state index contributed by atoms with van der Waals surface area (Å²) in [6, 6.07) is 15.7. The van der Waals surface area contributed by atoms with Crippen molar-refractivity contribution < 1.29 is 14.2 Å². The van der Waals surface area contributed by atoms with Crippen LogP contribution in [0.15, 0.2) is 48.5 Å². The Labute approximate surface area is 193 Å². The predicted molar refractivity (Wildman–Crippen MR) is 127 cm³/mol. The van der Waals surface area contributed by atoms with Gasteiger partial charge in [0.15, 0.2) is 0 Å². The summed E-state index contributed by atoms with van der Waals surface area (Å²) in [4.78, 5) is 2.29. The molecule has 0 unspecified atom stereocenters. The second kappa shape index (κ2) is 10.6. The lowest BCUT2D eigenvalue weighted by Crippen LogP contribution is -2.37. The molecule has 0 bridgehead atoms. The van der Waals surface area contributed by atoms with Gasteiger partial charge in [-0.1, -0.05) is 0 Å². The van der Waals surface area contributed by atoms with Crippen LogP contribution >= 0.6 is 12.2 Å². The zero-order chi connectivity index (χ0) is 22.3. The largest absolute Gasteiger partial charge is 0.494 e. The third-order valence-electron chi connectivity index (χ3n) is 5.10. The van der Waals surface area contributed by atoms with Crippen LogP contribution in [0.5, 0.6) is 11.5 Å². The number of benzene rings is 2. The van der Waals surface area contributed by atoms with Gasteiger partial charge in [0.1, 0.15) is 11.5 Å². The second-order valence-corrected chi connectivity index (χ2v) is 7.69. The Balaban J connectivity index is 1.65. The van der Waals surface area contributed by atoms with Crippen LogP contribution in [0.3, 0.4) is 0 Å². The van der Waals surface area contributed by atoms with Gasteiger partial charge in [-0.3, -0.25) is 9.47 Å². The molecule has 1 aliphatic heterocycles. The molecule has 8 nitrogen and oxygen atoms in total. The maximum absolute atomic E-state index is 5.83. The Kier molecular flexibility index (Phi) is 7.41. The SMILES string of the molecule is CCOc1ccc(Nc2nn(CN3CCOCC3)c(=S)n2-c2ccc(OCC)cc2)cc1. The van der Waals surface area contributed by atoms with E-state index in [4.69, 9.17) is 31.5 Å². The van der Waals surface area contributed by atoms with E-state index in [-0.39, 0.29) is 0 Å². The molecule has 1 saturated heterocycles. The molecule has 0 amide bonds. The molecule has 0 spiro atoms. The molecule has 0 atom stereocenters. The van der Waals surface area contributed by atoms with Gasteiger partial charge in [0.2, 0.25) is 10.7 Å². The van der Waals surface area contributed by atoms with Crippen molar-refractivity contribution in [3.05, 3.63) is 53.3 Å². The third kappa shape index (κ3) is 5.29. The molecule has 1 aliphatic rings. The van der Waals surface area contributed by atoms with Crippen LogP contribution in [0.4, 0.5) is 11.6 Å². The number of rotatable bonds is 9. The molecule has 2 aromatic carbocycles. The van der Waals surface area contributed by atoms with E-state index in [1.54, 1.807) is 0 Å². The van der Waals surface area contributed by atoms with Gasteiger partial charge in [-0.15, -0.1) is 5.10 Å². The normalized spacial score (nSPS) is 14.3. The predicted octanol–water partition coefficient (Wildman–Crippen LogP) is 4.23. The van der Waals surface area contributed by atoms with E-state index in [2.05, 4.69) is 10.2 Å². The molecule has 170 valence electrons. The first-order valence-corrected chi connectivity index (χ1v) is 11.3. The Bertz CT molecular complexity index is 1060. The van der Waals surface area contributed by atoms with E-state index in [0.717, 1.165) is 49.2 Å². The molecular weight excluding hydrogens is 426 g/mol. The van der Waals surface area contributed by atoms with Crippen LogP contribution in [-0.2, 0) is 11.4 Å². The van der Waals surface area contributed by atoms with Crippen molar-refractivity contribution in [1.29, 1.82) is 0 Å². The molecule has 1 N–H and O–H groups in total. The van der Waals surface area contributed by atoms with Crippen molar-refractivity contribution in [3.63, 3.8) is 0 Å². The molecule has 3 aromatic rings. The smallest absolute Gasteiger partial charge is 0.232 e. The molecule has 4 rings (SSSR count). The topological polar surface area (TPSA) is 65.7 Å². The quantitative estimate of drug-likeness (QED) is 0.484. The van der Waals surface area contributed by atoms with Crippen molar-refractivity contribution in [2.24, 2.45) is 0 Å². The molecule has 32 heavy (non-hydrogen) atoms. The zero-order valence-electron chi connectivity index (χ0n) is 18.5. The number of morpholine rings is 1. The average molecular weight is 456 g/mol. The standard InChI is InChI=1S/C23H29N5O3S/c1-3-30-20-9-5-18(6-10-20)24-22-25-27(17-26-13-15-29-16-14-26)23(32)28(22)19-7-11-21(12-8-19)31-4-2/h5-12H,3-4,13-17H2,1-2H3,(H,24,25). The van der Waals surface area contributed by atoms with Gasteiger partial charge in [0.05, 0.1) is 38.8 Å². The Hall–Kier alpha value is -2.88. The minimum absolute atomic E-state index is 0.615. The highest BCUT2D eigenvalue weighted by molar-refractivity contribution is 7.71. The van der Waals surface area contributed by atoms with Crippen molar-refractivity contribution in [2.45, 2.75) is 20.5 Å². The van der Waals surface area contributed by atoms with E-state index in [9.17, 15) is 0 Å². The molecule has 1 aromatic heterocycles. The van der Waals surface area contributed by atoms with Crippen LogP contribution in [0, 0.1) is 4.77 Å². The lowest BCUT2D eigenvalue weighted by molar-refractivity contribution is 0.0210. The van der Waals surface area contributed by atoms with E-state index in [1.165, 1.54) is 0 Å². The molecule has 0 saturated carbocycles. The summed E-state index contributed by atoms with van der Waals surface area (Å²) in [6.45, 7) is 8.99. The fraction of sp³-hybridized carbons (Fsp3) is 0.391. The molecule has 2 heterocycles. The Morgan fingerprint density at radius 3 is 2.12 bits per heavy atom. The number of nitrogens with zero attached hydrogens (tertiary/aromatic N) is 4. The van der Waals surface area contributed by atoms with Crippen molar-refractivity contribution >= 4 is 23.9 Å². The number of ether oxygens (including phenoxy) is 3. The van der Waals surface area contributed by atoms with Gasteiger partial charge in [0.25, 0.3) is 0 Å². The first kappa shape index (κ1) is 22.3. The number of nitrogens with one attached hydrogen (secondary N) is 1. The van der Waals surface area contributed by atoms with Crippen molar-refractivity contribution in [1.82, 2.24) is 19.2 Å². The molecule has 0 radical (unpaired) electrons. The fourth-order valence-corrected chi connectivity index (χ4v) is 3.82. The lowest BCUT2D eigenvalue weighted by atomic mass is 10.3. The van der Waals surface area contributed by atoms with Gasteiger partial charge in [-0.05, 0) is 74.6 Å². The highest BCUT2D eigenvalue weighted by atomic mass is 32.1. The monoisotopic (exact) mass is 455 g/mol. The van der Waals surface area contributed by atoms with Gasteiger partial charge in [-0.25, -0.2) is 4.68 Å². The van der Waals surface area contributed by atoms with Gasteiger partial charge < -0.3 is 19.5 Å². The number of hydrogen-bond acceptors (Lipinski definition) is 7. The van der Waals surface area contributed by atoms with Gasteiger partial charge >= 0.3 is 0 Å². The maximum atomic E-state index is 5.83. The van der Waals surface area contributed by atoms with Crippen LogP contribution in [-0.4, -0.2) is 58.8 Å². The Morgan fingerprint density at radius 2 is 1.53 bits per heavy atom. The fourth-order valence-electron chi connectivity index (χ4n) is 3.53. The third-order valence-corrected chi connectivity index (χ3v) is 5.50. The number of hydrogen-bond donors (Lipinski definition) is 1. The molecule has 0 aliphatic carbocycles. The number of aromatic nitrogens is 3. The summed E-state index contributed by atoms with van der Waals surface area (Å²) in [6.07, 6.45) is 0. The van der Waals surface area contributed by atoms with E-state index >= 15 is 0 Å². The molecule has 1 fully saturated rings. The van der Waals surface area contributed by atoms with Crippen LogP contribution in [0.25, 0.3) is 5.69 Å². The highest BCUT2D eigenvalue weighted by Gasteiger charge is 2.17. The summed E-state index contributed by atoms with van der Waals surface area (Å²) in [5.74, 6) is 2.31. The summed E-state index contributed by atoms with van der Waals surface area (Å²) < 4.78 is 21.0.